The quantitative estimate of drug-likeness (QED) is 0.837. The Bertz CT molecular complexity index is 438. The van der Waals surface area contributed by atoms with Gasteiger partial charge in [0.05, 0.1) is 0 Å². The van der Waals surface area contributed by atoms with E-state index in [-0.39, 0.29) is 0 Å². The lowest BCUT2D eigenvalue weighted by molar-refractivity contribution is 0.366. The van der Waals surface area contributed by atoms with Crippen LogP contribution in [0.4, 0.5) is 5.69 Å². The Morgan fingerprint density at radius 2 is 2.11 bits per heavy atom. The molecule has 0 aliphatic carbocycles. The van der Waals surface area contributed by atoms with Gasteiger partial charge >= 0.3 is 0 Å². The summed E-state index contributed by atoms with van der Waals surface area (Å²) in [5.74, 6) is 1.30. The second kappa shape index (κ2) is 4.81. The van der Waals surface area contributed by atoms with Crippen molar-refractivity contribution in [2.75, 3.05) is 31.6 Å². The average Bonchev–Trinajstić information content (AvgIpc) is 2.77. The summed E-state index contributed by atoms with van der Waals surface area (Å²) in [6, 6.07) is 4.30. The van der Waals surface area contributed by atoms with Crippen LogP contribution in [0, 0.1) is 5.92 Å². The Morgan fingerprint density at radius 3 is 2.89 bits per heavy atom. The van der Waals surface area contributed by atoms with Crippen LogP contribution in [0.1, 0.15) is 24.0 Å². The number of hydrogen-bond donors (Lipinski definition) is 2. The number of phenolic OH excluding ortho intramolecular Hbond substituents is 1. The van der Waals surface area contributed by atoms with E-state index in [4.69, 9.17) is 0 Å². The van der Waals surface area contributed by atoms with E-state index in [1.165, 1.54) is 18.5 Å². The summed E-state index contributed by atoms with van der Waals surface area (Å²) in [6.45, 7) is 3.28. The molecule has 0 amide bonds. The zero-order chi connectivity index (χ0) is 12.5. The molecule has 2 N–H and O–H groups in total. The van der Waals surface area contributed by atoms with Crippen molar-refractivity contribution in [2.45, 2.75) is 25.7 Å². The molecule has 0 aromatic heterocycles. The number of phenols is 1. The van der Waals surface area contributed by atoms with Gasteiger partial charge in [0.2, 0.25) is 0 Å². The molecule has 0 bridgehead atoms. The summed E-state index contributed by atoms with van der Waals surface area (Å²) in [4.78, 5) is 2.23. The summed E-state index contributed by atoms with van der Waals surface area (Å²) in [6.07, 6.45) is 4.48. The van der Waals surface area contributed by atoms with E-state index in [1.54, 1.807) is 0 Å². The number of nitrogens with zero attached hydrogens (tertiary/aromatic N) is 1. The third-order valence-electron chi connectivity index (χ3n) is 4.42. The fourth-order valence-corrected chi connectivity index (χ4v) is 3.24. The Kier molecular flexibility index (Phi) is 3.16. The standard InChI is InChI=1S/C15H22N2O/c1-17-9-6-13-14(17)3-2-12(15(13)18)10-11-4-7-16-8-5-11/h2-3,11,16,18H,4-10H2,1H3. The molecule has 2 aliphatic rings. The number of aromatic hydroxyl groups is 1. The highest BCUT2D eigenvalue weighted by Gasteiger charge is 2.22. The molecule has 3 rings (SSSR count). The van der Waals surface area contributed by atoms with Gasteiger partial charge in [0.15, 0.2) is 0 Å². The lowest BCUT2D eigenvalue weighted by Gasteiger charge is -2.23. The first-order valence-electron chi connectivity index (χ1n) is 7.01. The molecule has 0 atom stereocenters. The number of anilines is 1. The second-order valence-corrected chi connectivity index (χ2v) is 5.64. The molecule has 0 radical (unpaired) electrons. The summed E-state index contributed by atoms with van der Waals surface area (Å²) >= 11 is 0. The number of rotatable bonds is 2. The molecule has 0 unspecified atom stereocenters. The Labute approximate surface area is 109 Å². The van der Waals surface area contributed by atoms with Crippen molar-refractivity contribution in [3.8, 4) is 5.75 Å². The van der Waals surface area contributed by atoms with Crippen LogP contribution < -0.4 is 10.2 Å². The third kappa shape index (κ3) is 2.07. The second-order valence-electron chi connectivity index (χ2n) is 5.64. The van der Waals surface area contributed by atoms with Crippen molar-refractivity contribution >= 4 is 5.69 Å². The van der Waals surface area contributed by atoms with E-state index in [9.17, 15) is 5.11 Å². The topological polar surface area (TPSA) is 35.5 Å². The minimum absolute atomic E-state index is 0.565. The predicted molar refractivity (Wildman–Crippen MR) is 74.4 cm³/mol. The fourth-order valence-electron chi connectivity index (χ4n) is 3.24. The van der Waals surface area contributed by atoms with Crippen molar-refractivity contribution in [3.05, 3.63) is 23.3 Å². The van der Waals surface area contributed by atoms with Crippen LogP contribution in [0.2, 0.25) is 0 Å². The Balaban J connectivity index is 1.80. The van der Waals surface area contributed by atoms with Crippen LogP contribution in [0.5, 0.6) is 5.75 Å². The molecule has 3 heteroatoms. The first-order chi connectivity index (χ1) is 8.75. The first kappa shape index (κ1) is 11.8. The minimum Gasteiger partial charge on any atom is -0.507 e. The molecular weight excluding hydrogens is 224 g/mol. The minimum atomic E-state index is 0.565. The maximum atomic E-state index is 10.4. The normalized spacial score (nSPS) is 20.2. The number of hydrogen-bond acceptors (Lipinski definition) is 3. The molecule has 1 saturated heterocycles. The number of piperidine rings is 1. The van der Waals surface area contributed by atoms with Crippen LogP contribution in [-0.2, 0) is 12.8 Å². The molecule has 2 heterocycles. The predicted octanol–water partition coefficient (Wildman–Crippen LogP) is 1.93. The van der Waals surface area contributed by atoms with Gasteiger partial charge in [-0.1, -0.05) is 6.07 Å². The smallest absolute Gasteiger partial charge is 0.124 e. The van der Waals surface area contributed by atoms with E-state index >= 15 is 0 Å². The molecule has 0 spiro atoms. The highest BCUT2D eigenvalue weighted by Crippen LogP contribution is 2.37. The van der Waals surface area contributed by atoms with Gasteiger partial charge in [0, 0.05) is 24.8 Å². The number of nitrogens with one attached hydrogen (secondary N) is 1. The molecule has 1 aromatic carbocycles. The molecular formula is C15H22N2O. The average molecular weight is 246 g/mol. The van der Waals surface area contributed by atoms with Crippen molar-refractivity contribution < 1.29 is 5.11 Å². The van der Waals surface area contributed by atoms with E-state index in [0.717, 1.165) is 49.5 Å². The molecule has 2 aliphatic heterocycles. The van der Waals surface area contributed by atoms with Gasteiger partial charge in [-0.3, -0.25) is 0 Å². The van der Waals surface area contributed by atoms with Crippen molar-refractivity contribution in [3.63, 3.8) is 0 Å². The monoisotopic (exact) mass is 246 g/mol. The lowest BCUT2D eigenvalue weighted by atomic mass is 9.89. The number of benzene rings is 1. The summed E-state index contributed by atoms with van der Waals surface area (Å²) in [5.41, 5.74) is 3.52. The lowest BCUT2D eigenvalue weighted by Crippen LogP contribution is -2.28. The fraction of sp³-hybridized carbons (Fsp3) is 0.600. The van der Waals surface area contributed by atoms with E-state index in [2.05, 4.69) is 29.4 Å². The van der Waals surface area contributed by atoms with Crippen molar-refractivity contribution in [2.24, 2.45) is 5.92 Å². The van der Waals surface area contributed by atoms with Gasteiger partial charge in [-0.15, -0.1) is 0 Å². The zero-order valence-electron chi connectivity index (χ0n) is 11.1. The molecule has 3 nitrogen and oxygen atoms in total. The van der Waals surface area contributed by atoms with Gasteiger partial charge in [-0.05, 0) is 56.3 Å². The summed E-state index contributed by atoms with van der Waals surface area (Å²) < 4.78 is 0. The van der Waals surface area contributed by atoms with E-state index in [1.807, 2.05) is 0 Å². The van der Waals surface area contributed by atoms with Crippen molar-refractivity contribution in [1.82, 2.24) is 5.32 Å². The highest BCUT2D eigenvalue weighted by molar-refractivity contribution is 5.64. The SMILES string of the molecule is CN1CCc2c1ccc(CC1CCNCC1)c2O. The van der Waals surface area contributed by atoms with Gasteiger partial charge in [0.1, 0.15) is 5.75 Å². The van der Waals surface area contributed by atoms with Gasteiger partial charge in [0.25, 0.3) is 0 Å². The number of fused-ring (bicyclic) bond motifs is 1. The summed E-state index contributed by atoms with van der Waals surface area (Å²) in [5, 5.41) is 13.8. The highest BCUT2D eigenvalue weighted by atomic mass is 16.3. The summed E-state index contributed by atoms with van der Waals surface area (Å²) in [7, 11) is 2.09. The Hall–Kier alpha value is -1.22. The van der Waals surface area contributed by atoms with Gasteiger partial charge < -0.3 is 15.3 Å². The number of likely N-dealkylation sites (N-methyl/N-ethyl adjacent to an activating group) is 1. The largest absolute Gasteiger partial charge is 0.507 e. The van der Waals surface area contributed by atoms with Crippen LogP contribution in [0.25, 0.3) is 0 Å². The van der Waals surface area contributed by atoms with Gasteiger partial charge in [-0.25, -0.2) is 0 Å². The zero-order valence-corrected chi connectivity index (χ0v) is 11.1. The molecule has 18 heavy (non-hydrogen) atoms. The molecule has 0 saturated carbocycles. The van der Waals surface area contributed by atoms with Crippen LogP contribution in [0.15, 0.2) is 12.1 Å². The third-order valence-corrected chi connectivity index (χ3v) is 4.42. The molecule has 98 valence electrons. The maximum Gasteiger partial charge on any atom is 0.124 e. The van der Waals surface area contributed by atoms with Gasteiger partial charge in [-0.2, -0.15) is 0 Å². The molecule has 1 fully saturated rings. The van der Waals surface area contributed by atoms with E-state index in [0.29, 0.717) is 5.75 Å². The maximum absolute atomic E-state index is 10.4. The van der Waals surface area contributed by atoms with E-state index < -0.39 is 0 Å². The van der Waals surface area contributed by atoms with Crippen LogP contribution >= 0.6 is 0 Å². The Morgan fingerprint density at radius 1 is 1.33 bits per heavy atom. The van der Waals surface area contributed by atoms with Crippen molar-refractivity contribution in [1.29, 1.82) is 0 Å². The van der Waals surface area contributed by atoms with Crippen LogP contribution in [-0.4, -0.2) is 31.8 Å². The first-order valence-corrected chi connectivity index (χ1v) is 7.01. The van der Waals surface area contributed by atoms with Crippen LogP contribution in [0.3, 0.4) is 0 Å². The molecule has 1 aromatic rings.